The Morgan fingerprint density at radius 3 is 1.44 bits per heavy atom. The van der Waals surface area contributed by atoms with Crippen molar-refractivity contribution in [2.75, 3.05) is 7.11 Å². The largest absolute Gasteiger partial charge is 0.198 e. The molecule has 0 aliphatic heterocycles. The molecule has 0 spiro atoms. The summed E-state index contributed by atoms with van der Waals surface area (Å²) in [5.41, 5.74) is 0. The van der Waals surface area contributed by atoms with E-state index in [-0.39, 0.29) is 0 Å². The van der Waals surface area contributed by atoms with Gasteiger partial charge >= 0.3 is 0 Å². The number of unbranched alkanes of at least 4 members (excludes halogenated alkanes) is 3. The molecule has 9 heavy (non-hydrogen) atoms. The van der Waals surface area contributed by atoms with E-state index in [1.807, 2.05) is 0 Å². The summed E-state index contributed by atoms with van der Waals surface area (Å²) < 4.78 is 9.79. The van der Waals surface area contributed by atoms with Gasteiger partial charge in [-0.05, 0) is 4.53 Å². The van der Waals surface area contributed by atoms with Crippen molar-refractivity contribution >= 4 is 0 Å². The van der Waals surface area contributed by atoms with E-state index in [0.29, 0.717) is 0 Å². The van der Waals surface area contributed by atoms with E-state index < -0.39 is 0 Å². The van der Waals surface area contributed by atoms with Crippen LogP contribution in [0.15, 0.2) is 0 Å². The second kappa shape index (κ2) is 15.7. The Kier molecular flexibility index (Phi) is 20.3. The highest BCUT2D eigenvalue weighted by Gasteiger charge is 1.75. The molecule has 0 heterocycles. The van der Waals surface area contributed by atoms with Crippen molar-refractivity contribution in [3.05, 3.63) is 0 Å². The van der Waals surface area contributed by atoms with E-state index in [9.17, 15) is 4.53 Å². The number of rotatable bonds is 3. The normalized spacial score (nSPS) is 8.00. The van der Waals surface area contributed by atoms with Crippen molar-refractivity contribution in [2.24, 2.45) is 0 Å². The van der Waals surface area contributed by atoms with E-state index in [4.69, 9.17) is 0 Å². The fraction of sp³-hybridized carbons (Fsp3) is 1.00. The topological polar surface area (TPSA) is 9.23 Å². The Labute approximate surface area is 57.1 Å². The van der Waals surface area contributed by atoms with E-state index in [2.05, 4.69) is 18.8 Å². The zero-order valence-electron chi connectivity index (χ0n) is 6.61. The molecule has 0 aliphatic carbocycles. The van der Waals surface area contributed by atoms with Crippen LogP contribution in [0.5, 0.6) is 0 Å². The van der Waals surface area contributed by atoms with E-state index in [1.165, 1.54) is 25.7 Å². The predicted octanol–water partition coefficient (Wildman–Crippen LogP) is 3.10. The van der Waals surface area contributed by atoms with Gasteiger partial charge in [0.05, 0.1) is 7.11 Å². The maximum absolute atomic E-state index is 9.79. The zero-order chi connectivity index (χ0) is 7.54. The zero-order valence-corrected chi connectivity index (χ0v) is 6.61. The first-order valence-corrected chi connectivity index (χ1v) is 3.48. The van der Waals surface area contributed by atoms with Crippen molar-refractivity contribution < 1.29 is 9.47 Å². The number of hydrogen-bond acceptors (Lipinski definition) is 1. The van der Waals surface area contributed by atoms with Crippen molar-refractivity contribution in [1.29, 1.82) is 0 Å². The highest BCUT2D eigenvalue weighted by molar-refractivity contribution is 4.31. The quantitative estimate of drug-likeness (QED) is 0.542. The third-order valence-corrected chi connectivity index (χ3v) is 0.957. The molecule has 0 aromatic heterocycles. The van der Waals surface area contributed by atoms with Gasteiger partial charge < -0.3 is 0 Å². The monoisotopic (exact) mass is 136 g/mol. The van der Waals surface area contributed by atoms with Gasteiger partial charge in [0.1, 0.15) is 0 Å². The Morgan fingerprint density at radius 1 is 1.11 bits per heavy atom. The van der Waals surface area contributed by atoms with E-state index >= 15 is 0 Å². The molecule has 0 aromatic carbocycles. The van der Waals surface area contributed by atoms with Crippen LogP contribution in [-0.2, 0) is 4.94 Å². The third-order valence-electron chi connectivity index (χ3n) is 0.957. The van der Waals surface area contributed by atoms with Crippen LogP contribution < -0.4 is 0 Å². The lowest BCUT2D eigenvalue weighted by molar-refractivity contribution is -0.0960. The molecule has 0 saturated heterocycles. The molecule has 0 fully saturated rings. The summed E-state index contributed by atoms with van der Waals surface area (Å²) in [6, 6.07) is 0. The second-order valence-corrected chi connectivity index (χ2v) is 1.86. The Hall–Kier alpha value is -0.110. The van der Waals surface area contributed by atoms with Gasteiger partial charge in [0, 0.05) is 0 Å². The van der Waals surface area contributed by atoms with Crippen molar-refractivity contribution in [2.45, 2.75) is 39.5 Å². The molecule has 0 radical (unpaired) electrons. The summed E-state index contributed by atoms with van der Waals surface area (Å²) in [6.07, 6.45) is 5.54. The lowest BCUT2D eigenvalue weighted by atomic mass is 10.2. The molecule has 2 heteroatoms. The molecule has 0 N–H and O–H groups in total. The standard InChI is InChI=1S/C6H14.CH3FO/c1-3-5-6-4-2;1-3-2/h3-6H2,1-2H3;1H3. The second-order valence-electron chi connectivity index (χ2n) is 1.86. The average Bonchev–Trinajstić information content (AvgIpc) is 1.86. The fourth-order valence-corrected chi connectivity index (χ4v) is 0.500. The molecular formula is C7H17FO. The molecule has 0 bridgehead atoms. The maximum Gasteiger partial charge on any atom is 0.0766 e. The summed E-state index contributed by atoms with van der Waals surface area (Å²) in [7, 11) is 0.958. The van der Waals surface area contributed by atoms with Crippen molar-refractivity contribution in [3.8, 4) is 0 Å². The van der Waals surface area contributed by atoms with Gasteiger partial charge in [-0.2, -0.15) is 4.94 Å². The first-order chi connectivity index (χ1) is 4.33. The van der Waals surface area contributed by atoms with Crippen LogP contribution in [0.25, 0.3) is 0 Å². The lowest BCUT2D eigenvalue weighted by Gasteiger charge is -1.86. The molecule has 58 valence electrons. The molecular weight excluding hydrogens is 119 g/mol. The lowest BCUT2D eigenvalue weighted by Crippen LogP contribution is -1.66. The smallest absolute Gasteiger partial charge is 0.0766 e. The van der Waals surface area contributed by atoms with Gasteiger partial charge in [0.15, 0.2) is 0 Å². The molecule has 0 aromatic rings. The van der Waals surface area contributed by atoms with Crippen LogP contribution in [0.1, 0.15) is 39.5 Å². The third kappa shape index (κ3) is 32.8. The summed E-state index contributed by atoms with van der Waals surface area (Å²) in [6.45, 7) is 4.46. The first kappa shape index (κ1) is 11.7. The Balaban J connectivity index is 0. The summed E-state index contributed by atoms with van der Waals surface area (Å²) in [5, 5.41) is 0. The van der Waals surface area contributed by atoms with Crippen LogP contribution in [0.2, 0.25) is 0 Å². The van der Waals surface area contributed by atoms with Gasteiger partial charge in [0.2, 0.25) is 0 Å². The van der Waals surface area contributed by atoms with Gasteiger partial charge in [0.25, 0.3) is 0 Å². The number of halogens is 1. The van der Waals surface area contributed by atoms with Crippen LogP contribution in [0, 0.1) is 0 Å². The minimum absolute atomic E-state index is 0.958. The first-order valence-electron chi connectivity index (χ1n) is 3.48. The molecule has 0 amide bonds. The highest BCUT2D eigenvalue weighted by atomic mass is 19.3. The maximum atomic E-state index is 9.79. The molecule has 0 atom stereocenters. The number of hydrogen-bond donors (Lipinski definition) is 0. The fourth-order valence-electron chi connectivity index (χ4n) is 0.500. The molecule has 0 aliphatic rings. The predicted molar refractivity (Wildman–Crippen MR) is 37.9 cm³/mol. The SMILES string of the molecule is CCCCCC.COF. The van der Waals surface area contributed by atoms with Crippen molar-refractivity contribution in [1.82, 2.24) is 0 Å². The minimum atomic E-state index is 0.958. The van der Waals surface area contributed by atoms with Crippen LogP contribution in [0.3, 0.4) is 0 Å². The molecule has 0 saturated carbocycles. The Bertz CT molecular complexity index is 28.1. The van der Waals surface area contributed by atoms with Gasteiger partial charge in [-0.25, -0.2) is 0 Å². The van der Waals surface area contributed by atoms with Gasteiger partial charge in [-0.1, -0.05) is 39.5 Å². The van der Waals surface area contributed by atoms with Crippen LogP contribution in [0.4, 0.5) is 4.53 Å². The highest BCUT2D eigenvalue weighted by Crippen LogP contribution is 1.95. The summed E-state index contributed by atoms with van der Waals surface area (Å²) >= 11 is 0. The van der Waals surface area contributed by atoms with Gasteiger partial charge in [-0.15, -0.1) is 0 Å². The molecule has 0 unspecified atom stereocenters. The summed E-state index contributed by atoms with van der Waals surface area (Å²) in [4.78, 5) is 2.75. The average molecular weight is 136 g/mol. The van der Waals surface area contributed by atoms with Crippen LogP contribution in [-0.4, -0.2) is 7.11 Å². The molecule has 1 nitrogen and oxygen atoms in total. The van der Waals surface area contributed by atoms with Crippen molar-refractivity contribution in [3.63, 3.8) is 0 Å². The Morgan fingerprint density at radius 2 is 1.33 bits per heavy atom. The van der Waals surface area contributed by atoms with Gasteiger partial charge in [-0.3, -0.25) is 0 Å². The van der Waals surface area contributed by atoms with Crippen LogP contribution >= 0.6 is 0 Å². The summed E-state index contributed by atoms with van der Waals surface area (Å²) in [5.74, 6) is 0. The minimum Gasteiger partial charge on any atom is -0.198 e. The van der Waals surface area contributed by atoms with E-state index in [0.717, 1.165) is 7.11 Å². The van der Waals surface area contributed by atoms with E-state index in [1.54, 1.807) is 0 Å². The molecule has 0 rings (SSSR count).